The Morgan fingerprint density at radius 2 is 2.00 bits per heavy atom. The standard InChI is InChI=1S/C14H20FNO2S/c15-13-6-3-7-14(10-13)16-8-9-19(17,18)11-12-4-1-2-5-12/h3,6-7,10,12,16H,1-2,4-5,8-9,11H2. The van der Waals surface area contributed by atoms with Gasteiger partial charge in [-0.05, 0) is 37.0 Å². The van der Waals surface area contributed by atoms with Crippen LogP contribution in [0, 0.1) is 11.7 Å². The van der Waals surface area contributed by atoms with Crippen LogP contribution in [0.3, 0.4) is 0 Å². The second-order valence-corrected chi connectivity index (χ2v) is 7.43. The van der Waals surface area contributed by atoms with Crippen molar-refractivity contribution in [3.63, 3.8) is 0 Å². The lowest BCUT2D eigenvalue weighted by molar-refractivity contribution is 0.559. The zero-order chi connectivity index (χ0) is 13.7. The molecule has 1 aromatic carbocycles. The van der Waals surface area contributed by atoms with Crippen molar-refractivity contribution in [3.05, 3.63) is 30.1 Å². The molecule has 1 fully saturated rings. The van der Waals surface area contributed by atoms with E-state index in [1.807, 2.05) is 0 Å². The number of hydrogen-bond acceptors (Lipinski definition) is 3. The first-order chi connectivity index (χ1) is 9.05. The fourth-order valence-corrected chi connectivity index (χ4v) is 4.20. The van der Waals surface area contributed by atoms with Crippen LogP contribution in [-0.4, -0.2) is 26.5 Å². The van der Waals surface area contributed by atoms with Crippen molar-refractivity contribution in [1.29, 1.82) is 0 Å². The Kier molecular flexibility index (Phi) is 4.80. The van der Waals surface area contributed by atoms with E-state index in [-0.39, 0.29) is 11.6 Å². The van der Waals surface area contributed by atoms with E-state index in [0.29, 0.717) is 23.9 Å². The van der Waals surface area contributed by atoms with E-state index in [2.05, 4.69) is 5.32 Å². The van der Waals surface area contributed by atoms with Crippen molar-refractivity contribution < 1.29 is 12.8 Å². The fraction of sp³-hybridized carbons (Fsp3) is 0.571. The van der Waals surface area contributed by atoms with E-state index in [1.165, 1.54) is 12.1 Å². The Bertz CT molecular complexity index is 510. The van der Waals surface area contributed by atoms with Gasteiger partial charge in [-0.15, -0.1) is 0 Å². The molecule has 1 saturated carbocycles. The van der Waals surface area contributed by atoms with Crippen LogP contribution >= 0.6 is 0 Å². The molecule has 1 N–H and O–H groups in total. The van der Waals surface area contributed by atoms with Crippen LogP contribution in [0.1, 0.15) is 25.7 Å². The first-order valence-corrected chi connectivity index (χ1v) is 8.57. The van der Waals surface area contributed by atoms with E-state index in [4.69, 9.17) is 0 Å². The third-order valence-electron chi connectivity index (χ3n) is 3.53. The molecule has 2 rings (SSSR count). The van der Waals surface area contributed by atoms with Crippen LogP contribution in [0.5, 0.6) is 0 Å². The molecule has 0 radical (unpaired) electrons. The maximum Gasteiger partial charge on any atom is 0.152 e. The number of anilines is 1. The molecule has 0 saturated heterocycles. The quantitative estimate of drug-likeness (QED) is 0.874. The van der Waals surface area contributed by atoms with Crippen molar-refractivity contribution in [3.8, 4) is 0 Å². The van der Waals surface area contributed by atoms with E-state index >= 15 is 0 Å². The van der Waals surface area contributed by atoms with Crippen LogP contribution in [0.2, 0.25) is 0 Å². The van der Waals surface area contributed by atoms with Gasteiger partial charge in [0.2, 0.25) is 0 Å². The van der Waals surface area contributed by atoms with Gasteiger partial charge in [-0.2, -0.15) is 0 Å². The highest BCUT2D eigenvalue weighted by molar-refractivity contribution is 7.91. The monoisotopic (exact) mass is 285 g/mol. The van der Waals surface area contributed by atoms with Gasteiger partial charge in [-0.3, -0.25) is 0 Å². The molecule has 0 heterocycles. The van der Waals surface area contributed by atoms with Crippen molar-refractivity contribution in [2.45, 2.75) is 25.7 Å². The largest absolute Gasteiger partial charge is 0.384 e. The van der Waals surface area contributed by atoms with Crippen LogP contribution in [0.25, 0.3) is 0 Å². The number of nitrogens with one attached hydrogen (secondary N) is 1. The highest BCUT2D eigenvalue weighted by Crippen LogP contribution is 2.26. The summed E-state index contributed by atoms with van der Waals surface area (Å²) < 4.78 is 36.8. The lowest BCUT2D eigenvalue weighted by Crippen LogP contribution is -2.22. The summed E-state index contributed by atoms with van der Waals surface area (Å²) in [6.07, 6.45) is 4.39. The molecular weight excluding hydrogens is 265 g/mol. The summed E-state index contributed by atoms with van der Waals surface area (Å²) in [5.41, 5.74) is 0.621. The molecule has 5 heteroatoms. The highest BCUT2D eigenvalue weighted by atomic mass is 32.2. The average molecular weight is 285 g/mol. The smallest absolute Gasteiger partial charge is 0.152 e. The van der Waals surface area contributed by atoms with Crippen LogP contribution in [-0.2, 0) is 9.84 Å². The van der Waals surface area contributed by atoms with E-state index in [1.54, 1.807) is 12.1 Å². The molecule has 0 bridgehead atoms. The number of hydrogen-bond donors (Lipinski definition) is 1. The lowest BCUT2D eigenvalue weighted by atomic mass is 10.1. The maximum atomic E-state index is 12.9. The zero-order valence-corrected chi connectivity index (χ0v) is 11.8. The van der Waals surface area contributed by atoms with Crippen LogP contribution in [0.15, 0.2) is 24.3 Å². The summed E-state index contributed by atoms with van der Waals surface area (Å²) >= 11 is 0. The van der Waals surface area contributed by atoms with Gasteiger partial charge in [0.25, 0.3) is 0 Å². The lowest BCUT2D eigenvalue weighted by Gasteiger charge is -2.11. The Labute approximate surface area is 114 Å². The first kappa shape index (κ1) is 14.3. The minimum atomic E-state index is -3.00. The molecule has 0 atom stereocenters. The molecule has 0 spiro atoms. The summed E-state index contributed by atoms with van der Waals surface area (Å²) in [7, 11) is -3.00. The van der Waals surface area contributed by atoms with E-state index in [0.717, 1.165) is 25.7 Å². The maximum absolute atomic E-state index is 12.9. The number of sulfone groups is 1. The van der Waals surface area contributed by atoms with Gasteiger partial charge in [0.15, 0.2) is 9.84 Å². The topological polar surface area (TPSA) is 46.2 Å². The molecule has 1 aliphatic rings. The van der Waals surface area contributed by atoms with Crippen molar-refractivity contribution in [1.82, 2.24) is 0 Å². The molecular formula is C14H20FNO2S. The summed E-state index contributed by atoms with van der Waals surface area (Å²) in [6, 6.07) is 6.06. The SMILES string of the molecule is O=S(=O)(CCNc1cccc(F)c1)CC1CCCC1. The molecule has 19 heavy (non-hydrogen) atoms. The van der Waals surface area contributed by atoms with Gasteiger partial charge in [-0.1, -0.05) is 18.9 Å². The summed E-state index contributed by atoms with van der Waals surface area (Å²) in [4.78, 5) is 0. The van der Waals surface area contributed by atoms with Gasteiger partial charge in [0.05, 0.1) is 11.5 Å². The molecule has 3 nitrogen and oxygen atoms in total. The minimum Gasteiger partial charge on any atom is -0.384 e. The summed E-state index contributed by atoms with van der Waals surface area (Å²) in [6.45, 7) is 0.332. The molecule has 0 aromatic heterocycles. The molecule has 1 aromatic rings. The number of rotatable bonds is 6. The predicted molar refractivity (Wildman–Crippen MR) is 75.5 cm³/mol. The number of halogens is 1. The minimum absolute atomic E-state index is 0.111. The second-order valence-electron chi connectivity index (χ2n) is 5.20. The van der Waals surface area contributed by atoms with E-state index < -0.39 is 9.84 Å². The normalized spacial score (nSPS) is 16.7. The highest BCUT2D eigenvalue weighted by Gasteiger charge is 2.22. The molecule has 106 valence electrons. The van der Waals surface area contributed by atoms with Crippen molar-refractivity contribution >= 4 is 15.5 Å². The Balaban J connectivity index is 1.78. The van der Waals surface area contributed by atoms with Crippen molar-refractivity contribution in [2.24, 2.45) is 5.92 Å². The molecule has 1 aliphatic carbocycles. The zero-order valence-electron chi connectivity index (χ0n) is 10.9. The van der Waals surface area contributed by atoms with Crippen LogP contribution in [0.4, 0.5) is 10.1 Å². The third-order valence-corrected chi connectivity index (χ3v) is 5.34. The fourth-order valence-electron chi connectivity index (χ4n) is 2.57. The van der Waals surface area contributed by atoms with Gasteiger partial charge in [-0.25, -0.2) is 12.8 Å². The third kappa shape index (κ3) is 4.82. The Morgan fingerprint density at radius 1 is 1.26 bits per heavy atom. The average Bonchev–Trinajstić information content (AvgIpc) is 2.80. The van der Waals surface area contributed by atoms with Crippen molar-refractivity contribution in [2.75, 3.05) is 23.4 Å². The van der Waals surface area contributed by atoms with Gasteiger partial charge in [0.1, 0.15) is 5.82 Å². The molecule has 0 amide bonds. The Morgan fingerprint density at radius 3 is 2.68 bits per heavy atom. The Hall–Kier alpha value is -1.10. The first-order valence-electron chi connectivity index (χ1n) is 6.75. The predicted octanol–water partition coefficient (Wildman–Crippen LogP) is 2.84. The van der Waals surface area contributed by atoms with E-state index in [9.17, 15) is 12.8 Å². The summed E-state index contributed by atoms with van der Waals surface area (Å²) in [5.74, 6) is 0.440. The molecule has 0 aliphatic heterocycles. The number of benzene rings is 1. The van der Waals surface area contributed by atoms with Gasteiger partial charge in [0, 0.05) is 12.2 Å². The van der Waals surface area contributed by atoms with Crippen LogP contribution < -0.4 is 5.32 Å². The van der Waals surface area contributed by atoms with Gasteiger partial charge >= 0.3 is 0 Å². The summed E-state index contributed by atoms with van der Waals surface area (Å²) in [5, 5.41) is 2.95. The van der Waals surface area contributed by atoms with Gasteiger partial charge < -0.3 is 5.32 Å². The molecule has 0 unspecified atom stereocenters. The second kappa shape index (κ2) is 6.37.